The van der Waals surface area contributed by atoms with Gasteiger partial charge in [-0.25, -0.2) is 9.18 Å². The van der Waals surface area contributed by atoms with Crippen LogP contribution in [0.5, 0.6) is 5.75 Å². The maximum absolute atomic E-state index is 15.0. The summed E-state index contributed by atoms with van der Waals surface area (Å²) < 4.78 is 21.5. The third kappa shape index (κ3) is 4.45. The number of carbonyl (C=O) groups is 1. The average Bonchev–Trinajstić information content (AvgIpc) is 2.87. The minimum atomic E-state index is -1.02. The summed E-state index contributed by atoms with van der Waals surface area (Å²) in [6.07, 6.45) is 10.2. The first-order chi connectivity index (χ1) is 17.5. The normalized spacial score (nSPS) is 26.4. The lowest BCUT2D eigenvalue weighted by Gasteiger charge is -2.57. The summed E-state index contributed by atoms with van der Waals surface area (Å²) >= 11 is 0. The average molecular weight is 483 g/mol. The third-order valence-electron chi connectivity index (χ3n) is 8.55. The van der Waals surface area contributed by atoms with Crippen LogP contribution < -0.4 is 4.74 Å². The molecule has 4 saturated carbocycles. The number of carboxylic acid groups (broad SMARTS) is 1. The van der Waals surface area contributed by atoms with Gasteiger partial charge < -0.3 is 9.84 Å². The van der Waals surface area contributed by atoms with Crippen LogP contribution in [0.2, 0.25) is 0 Å². The summed E-state index contributed by atoms with van der Waals surface area (Å²) in [5.41, 5.74) is 4.41. The van der Waals surface area contributed by atoms with Crippen LogP contribution in [-0.2, 0) is 16.8 Å². The lowest BCUT2D eigenvalue weighted by molar-refractivity contribution is -0.131. The van der Waals surface area contributed by atoms with E-state index in [-0.39, 0.29) is 11.2 Å². The van der Waals surface area contributed by atoms with Crippen LogP contribution >= 0.6 is 0 Å². The zero-order valence-corrected chi connectivity index (χ0v) is 20.3. The number of aliphatic carboxylic acids is 1. The fraction of sp³-hybridized carbons (Fsp3) is 0.344. The van der Waals surface area contributed by atoms with Gasteiger partial charge in [-0.05, 0) is 109 Å². The van der Waals surface area contributed by atoms with Gasteiger partial charge in [-0.15, -0.1) is 0 Å². The number of ether oxygens (including phenoxy) is 1. The molecule has 0 radical (unpaired) electrons. The molecule has 4 fully saturated rings. The highest BCUT2D eigenvalue weighted by atomic mass is 19.1. The predicted molar refractivity (Wildman–Crippen MR) is 139 cm³/mol. The SMILES string of the molecule is O=C(O)/C=C/c1ccc(F)c(-c2ccc(OCc3ccccc3)c(C34CC5CC(CC(C5)C3)C4)c2)c1. The van der Waals surface area contributed by atoms with Crippen molar-refractivity contribution in [3.8, 4) is 16.9 Å². The highest BCUT2D eigenvalue weighted by Crippen LogP contribution is 2.62. The smallest absolute Gasteiger partial charge is 0.328 e. The van der Waals surface area contributed by atoms with Crippen LogP contribution in [-0.4, -0.2) is 11.1 Å². The molecule has 0 unspecified atom stereocenters. The molecule has 3 nitrogen and oxygen atoms in total. The lowest BCUT2D eigenvalue weighted by atomic mass is 9.48. The van der Waals surface area contributed by atoms with Crippen molar-refractivity contribution in [1.29, 1.82) is 0 Å². The Kier molecular flexibility index (Phi) is 5.91. The molecule has 0 saturated heterocycles. The second kappa shape index (κ2) is 9.24. The van der Waals surface area contributed by atoms with Gasteiger partial charge in [0.2, 0.25) is 0 Å². The second-order valence-corrected chi connectivity index (χ2v) is 11.1. The second-order valence-electron chi connectivity index (χ2n) is 11.1. The number of benzene rings is 3. The first kappa shape index (κ1) is 23.0. The summed E-state index contributed by atoms with van der Waals surface area (Å²) in [6.45, 7) is 0.503. The Balaban J connectivity index is 1.41. The molecule has 0 spiro atoms. The van der Waals surface area contributed by atoms with E-state index >= 15 is 4.39 Å². The van der Waals surface area contributed by atoms with Crippen LogP contribution in [0.15, 0.2) is 72.8 Å². The van der Waals surface area contributed by atoms with Crippen molar-refractivity contribution < 1.29 is 19.0 Å². The van der Waals surface area contributed by atoms with Crippen molar-refractivity contribution in [2.24, 2.45) is 17.8 Å². The highest BCUT2D eigenvalue weighted by molar-refractivity contribution is 5.85. The van der Waals surface area contributed by atoms with Crippen molar-refractivity contribution in [1.82, 2.24) is 0 Å². The molecule has 0 atom stereocenters. The maximum atomic E-state index is 15.0. The molecule has 0 heterocycles. The zero-order valence-electron chi connectivity index (χ0n) is 20.3. The molecule has 4 bridgehead atoms. The van der Waals surface area contributed by atoms with E-state index in [1.165, 1.54) is 56.2 Å². The van der Waals surface area contributed by atoms with E-state index in [9.17, 15) is 4.79 Å². The van der Waals surface area contributed by atoms with Crippen molar-refractivity contribution in [3.05, 3.63) is 95.3 Å². The summed E-state index contributed by atoms with van der Waals surface area (Å²) in [6, 6.07) is 21.1. The van der Waals surface area contributed by atoms with E-state index in [1.807, 2.05) is 30.3 Å². The Morgan fingerprint density at radius 3 is 2.31 bits per heavy atom. The third-order valence-corrected chi connectivity index (χ3v) is 8.55. The van der Waals surface area contributed by atoms with E-state index in [0.717, 1.165) is 40.7 Å². The Morgan fingerprint density at radius 2 is 1.64 bits per heavy atom. The van der Waals surface area contributed by atoms with Gasteiger partial charge in [0.05, 0.1) is 0 Å². The van der Waals surface area contributed by atoms with Crippen molar-refractivity contribution in [2.75, 3.05) is 0 Å². The standard InChI is InChI=1S/C32H31FO3/c33-29-9-6-21(7-11-31(34)35)15-27(29)26-8-10-30(36-20-22-4-2-1-3-5-22)28(16-26)32-17-23-12-24(18-32)14-25(13-23)19-32/h1-11,15-16,23-25H,12-14,17-20H2,(H,34,35)/b11-7+. The molecule has 36 heavy (non-hydrogen) atoms. The van der Waals surface area contributed by atoms with E-state index in [2.05, 4.69) is 18.2 Å². The van der Waals surface area contributed by atoms with Crippen molar-refractivity contribution in [2.45, 2.75) is 50.5 Å². The lowest BCUT2D eigenvalue weighted by Crippen LogP contribution is -2.48. The van der Waals surface area contributed by atoms with Gasteiger partial charge in [-0.3, -0.25) is 0 Å². The molecule has 184 valence electrons. The molecule has 0 aromatic heterocycles. The number of carboxylic acids is 1. The van der Waals surface area contributed by atoms with Crippen LogP contribution in [0.3, 0.4) is 0 Å². The first-order valence-corrected chi connectivity index (χ1v) is 13.0. The van der Waals surface area contributed by atoms with E-state index in [0.29, 0.717) is 17.7 Å². The fourth-order valence-electron chi connectivity index (χ4n) is 7.45. The molecular weight excluding hydrogens is 451 g/mol. The molecule has 1 N–H and O–H groups in total. The molecule has 4 heteroatoms. The van der Waals surface area contributed by atoms with Crippen molar-refractivity contribution in [3.63, 3.8) is 0 Å². The molecule has 4 aliphatic rings. The maximum Gasteiger partial charge on any atom is 0.328 e. The fourth-order valence-corrected chi connectivity index (χ4v) is 7.45. The Labute approximate surface area is 211 Å². The predicted octanol–water partition coefficient (Wildman–Crippen LogP) is 7.64. The molecule has 7 rings (SSSR count). The monoisotopic (exact) mass is 482 g/mol. The summed E-state index contributed by atoms with van der Waals surface area (Å²) in [5, 5.41) is 8.99. The van der Waals surface area contributed by atoms with Crippen LogP contribution in [0.25, 0.3) is 17.2 Å². The van der Waals surface area contributed by atoms with E-state index < -0.39 is 5.97 Å². The molecule has 0 amide bonds. The summed E-state index contributed by atoms with van der Waals surface area (Å²) in [5.74, 6) is 1.92. The van der Waals surface area contributed by atoms with Crippen molar-refractivity contribution >= 4 is 12.0 Å². The molecular formula is C32H31FO3. The topological polar surface area (TPSA) is 46.5 Å². The molecule has 3 aromatic rings. The highest BCUT2D eigenvalue weighted by Gasteiger charge is 2.52. The Bertz CT molecular complexity index is 1270. The zero-order chi connectivity index (χ0) is 24.7. The largest absolute Gasteiger partial charge is 0.489 e. The first-order valence-electron chi connectivity index (χ1n) is 13.0. The molecule has 4 aliphatic carbocycles. The van der Waals surface area contributed by atoms with E-state index in [1.54, 1.807) is 12.1 Å². The number of rotatable bonds is 7. The molecule has 3 aromatic carbocycles. The van der Waals surface area contributed by atoms with Gasteiger partial charge in [0.25, 0.3) is 0 Å². The number of hydrogen-bond acceptors (Lipinski definition) is 2. The minimum Gasteiger partial charge on any atom is -0.489 e. The summed E-state index contributed by atoms with van der Waals surface area (Å²) in [7, 11) is 0. The van der Waals surface area contributed by atoms with Gasteiger partial charge in [-0.1, -0.05) is 42.5 Å². The van der Waals surface area contributed by atoms with Gasteiger partial charge >= 0.3 is 5.97 Å². The minimum absolute atomic E-state index is 0.0913. The van der Waals surface area contributed by atoms with Gasteiger partial charge in [0.15, 0.2) is 0 Å². The van der Waals surface area contributed by atoms with Gasteiger partial charge in [0.1, 0.15) is 18.2 Å². The van der Waals surface area contributed by atoms with Gasteiger partial charge in [-0.2, -0.15) is 0 Å². The Hall–Kier alpha value is -3.40. The molecule has 0 aliphatic heterocycles. The number of halogens is 1. The Morgan fingerprint density at radius 1 is 0.944 bits per heavy atom. The quantitative estimate of drug-likeness (QED) is 0.352. The van der Waals surface area contributed by atoms with E-state index in [4.69, 9.17) is 9.84 Å². The summed E-state index contributed by atoms with van der Waals surface area (Å²) in [4.78, 5) is 11.0. The van der Waals surface area contributed by atoms with Gasteiger partial charge in [0, 0.05) is 17.2 Å². The van der Waals surface area contributed by atoms with Crippen LogP contribution in [0, 0.1) is 23.6 Å². The number of hydrogen-bond donors (Lipinski definition) is 1. The van der Waals surface area contributed by atoms with Crippen LogP contribution in [0.4, 0.5) is 4.39 Å². The van der Waals surface area contributed by atoms with Crippen LogP contribution in [0.1, 0.15) is 55.2 Å².